The lowest BCUT2D eigenvalue weighted by Gasteiger charge is -2.26. The van der Waals surface area contributed by atoms with Crippen molar-refractivity contribution in [3.05, 3.63) is 0 Å². The molecule has 17 heavy (non-hydrogen) atoms. The number of nitrogens with two attached hydrogens (primary N) is 1. The molecule has 2 aliphatic carbocycles. The van der Waals surface area contributed by atoms with E-state index in [0.717, 1.165) is 18.9 Å². The van der Waals surface area contributed by atoms with E-state index in [4.69, 9.17) is 5.73 Å². The third-order valence-electron chi connectivity index (χ3n) is 4.13. The van der Waals surface area contributed by atoms with Crippen LogP contribution in [0.2, 0.25) is 0 Å². The topological polar surface area (TPSA) is 58.4 Å². The van der Waals surface area contributed by atoms with Crippen molar-refractivity contribution < 1.29 is 4.79 Å². The molecule has 2 aliphatic rings. The molecule has 0 aromatic rings. The van der Waals surface area contributed by atoms with Crippen molar-refractivity contribution in [1.82, 2.24) is 10.2 Å². The molecule has 4 heteroatoms. The van der Waals surface area contributed by atoms with Gasteiger partial charge in [-0.2, -0.15) is 0 Å². The summed E-state index contributed by atoms with van der Waals surface area (Å²) >= 11 is 0. The fourth-order valence-electron chi connectivity index (χ4n) is 2.32. The Labute approximate surface area is 104 Å². The molecule has 98 valence electrons. The van der Waals surface area contributed by atoms with Crippen LogP contribution in [0.25, 0.3) is 0 Å². The molecule has 0 radical (unpaired) electrons. The van der Waals surface area contributed by atoms with Crippen LogP contribution in [-0.2, 0) is 4.79 Å². The molecule has 0 aromatic heterocycles. The molecule has 2 rings (SSSR count). The number of hydrogen-bond donors (Lipinski definition) is 2. The molecule has 0 bridgehead atoms. The van der Waals surface area contributed by atoms with Crippen molar-refractivity contribution in [2.45, 2.75) is 57.2 Å². The van der Waals surface area contributed by atoms with Gasteiger partial charge in [-0.05, 0) is 52.0 Å². The van der Waals surface area contributed by atoms with Gasteiger partial charge in [0.15, 0.2) is 0 Å². The summed E-state index contributed by atoms with van der Waals surface area (Å²) in [5, 5.41) is 3.33. The minimum Gasteiger partial charge on any atom is -0.368 e. The molecule has 2 fully saturated rings. The van der Waals surface area contributed by atoms with Crippen molar-refractivity contribution in [3.8, 4) is 0 Å². The third-order valence-corrected chi connectivity index (χ3v) is 4.13. The van der Waals surface area contributed by atoms with Crippen LogP contribution in [0.15, 0.2) is 0 Å². The highest BCUT2D eigenvalue weighted by atomic mass is 16.1. The second-order valence-corrected chi connectivity index (χ2v) is 5.74. The van der Waals surface area contributed by atoms with E-state index in [2.05, 4.69) is 24.2 Å². The van der Waals surface area contributed by atoms with Gasteiger partial charge in [0.2, 0.25) is 5.91 Å². The maximum atomic E-state index is 11.3. The fraction of sp³-hybridized carbons (Fsp3) is 0.923. The van der Waals surface area contributed by atoms with Crippen molar-refractivity contribution in [2.75, 3.05) is 13.6 Å². The minimum absolute atomic E-state index is 0.142. The van der Waals surface area contributed by atoms with Gasteiger partial charge in [0.25, 0.3) is 0 Å². The average Bonchev–Trinajstić information content (AvgIpc) is 3.15. The lowest BCUT2D eigenvalue weighted by molar-refractivity contribution is -0.120. The Morgan fingerprint density at radius 1 is 1.41 bits per heavy atom. The summed E-state index contributed by atoms with van der Waals surface area (Å²) in [7, 11) is 2.15. The monoisotopic (exact) mass is 239 g/mol. The van der Waals surface area contributed by atoms with Crippen LogP contribution >= 0.6 is 0 Å². The van der Waals surface area contributed by atoms with E-state index in [0.29, 0.717) is 12.1 Å². The Hall–Kier alpha value is -0.610. The van der Waals surface area contributed by atoms with Gasteiger partial charge >= 0.3 is 0 Å². The predicted octanol–water partition coefficient (Wildman–Crippen LogP) is 0.713. The van der Waals surface area contributed by atoms with Gasteiger partial charge in [-0.15, -0.1) is 0 Å². The second-order valence-electron chi connectivity index (χ2n) is 5.74. The number of nitrogens with one attached hydrogen (secondary N) is 1. The summed E-state index contributed by atoms with van der Waals surface area (Å²) in [5.74, 6) is 0.674. The molecule has 0 spiro atoms. The van der Waals surface area contributed by atoms with Gasteiger partial charge in [0, 0.05) is 18.6 Å². The standard InChI is InChI=1S/C13H25N3O/c1-9(10-3-4-10)16(2)8-7-12(13(14)17)15-11-5-6-11/h9-12,15H,3-8H2,1-2H3,(H2,14,17). The summed E-state index contributed by atoms with van der Waals surface area (Å²) in [6, 6.07) is 1.04. The van der Waals surface area contributed by atoms with E-state index >= 15 is 0 Å². The maximum Gasteiger partial charge on any atom is 0.234 e. The molecule has 2 saturated carbocycles. The van der Waals surface area contributed by atoms with Crippen molar-refractivity contribution >= 4 is 5.91 Å². The largest absolute Gasteiger partial charge is 0.368 e. The summed E-state index contributed by atoms with van der Waals surface area (Å²) in [5.41, 5.74) is 5.43. The predicted molar refractivity (Wildman–Crippen MR) is 68.6 cm³/mol. The van der Waals surface area contributed by atoms with Gasteiger partial charge in [-0.25, -0.2) is 0 Å². The smallest absolute Gasteiger partial charge is 0.234 e. The first-order chi connectivity index (χ1) is 8.08. The van der Waals surface area contributed by atoms with E-state index < -0.39 is 0 Å². The molecule has 2 atom stereocenters. The van der Waals surface area contributed by atoms with Gasteiger partial charge in [0.1, 0.15) is 0 Å². The first-order valence-electron chi connectivity index (χ1n) is 6.83. The summed E-state index contributed by atoms with van der Waals surface area (Å²) < 4.78 is 0. The number of nitrogens with zero attached hydrogens (tertiary/aromatic N) is 1. The maximum absolute atomic E-state index is 11.3. The number of amides is 1. The Kier molecular flexibility index (Phi) is 4.05. The van der Waals surface area contributed by atoms with E-state index in [1.807, 2.05) is 0 Å². The molecule has 0 aromatic carbocycles. The summed E-state index contributed by atoms with van der Waals surface area (Å²) in [4.78, 5) is 13.7. The third kappa shape index (κ3) is 3.96. The van der Waals surface area contributed by atoms with Crippen LogP contribution in [0.4, 0.5) is 0 Å². The zero-order valence-corrected chi connectivity index (χ0v) is 11.0. The highest BCUT2D eigenvalue weighted by Crippen LogP contribution is 2.34. The fourth-order valence-corrected chi connectivity index (χ4v) is 2.32. The quantitative estimate of drug-likeness (QED) is 0.656. The zero-order valence-electron chi connectivity index (χ0n) is 11.0. The molecule has 0 aliphatic heterocycles. The second kappa shape index (κ2) is 5.36. The molecular weight excluding hydrogens is 214 g/mol. The molecule has 2 unspecified atom stereocenters. The highest BCUT2D eigenvalue weighted by molar-refractivity contribution is 5.79. The highest BCUT2D eigenvalue weighted by Gasteiger charge is 2.31. The Morgan fingerprint density at radius 3 is 2.53 bits per heavy atom. The molecule has 1 amide bonds. The van der Waals surface area contributed by atoms with Crippen LogP contribution < -0.4 is 11.1 Å². The van der Waals surface area contributed by atoms with Crippen LogP contribution in [0, 0.1) is 5.92 Å². The van der Waals surface area contributed by atoms with Crippen molar-refractivity contribution in [3.63, 3.8) is 0 Å². The molecular formula is C13H25N3O. The lowest BCUT2D eigenvalue weighted by atomic mass is 10.1. The summed E-state index contributed by atoms with van der Waals surface area (Å²) in [6.07, 6.45) is 5.95. The van der Waals surface area contributed by atoms with E-state index in [9.17, 15) is 4.79 Å². The van der Waals surface area contributed by atoms with Crippen LogP contribution in [-0.4, -0.2) is 42.5 Å². The van der Waals surface area contributed by atoms with E-state index in [1.165, 1.54) is 25.7 Å². The number of carbonyl (C=O) groups excluding carboxylic acids is 1. The number of carbonyl (C=O) groups is 1. The van der Waals surface area contributed by atoms with E-state index in [-0.39, 0.29) is 11.9 Å². The van der Waals surface area contributed by atoms with Crippen molar-refractivity contribution in [1.29, 1.82) is 0 Å². The Morgan fingerprint density at radius 2 is 2.06 bits per heavy atom. The number of primary amides is 1. The number of rotatable bonds is 8. The minimum atomic E-state index is -0.204. The first-order valence-corrected chi connectivity index (χ1v) is 6.83. The molecule has 3 N–H and O–H groups in total. The zero-order chi connectivity index (χ0) is 12.4. The summed E-state index contributed by atoms with van der Waals surface area (Å²) in [6.45, 7) is 3.23. The normalized spacial score (nSPS) is 23.7. The molecule has 0 heterocycles. The van der Waals surface area contributed by atoms with Crippen LogP contribution in [0.5, 0.6) is 0 Å². The van der Waals surface area contributed by atoms with Crippen molar-refractivity contribution in [2.24, 2.45) is 11.7 Å². The molecule has 4 nitrogen and oxygen atoms in total. The average molecular weight is 239 g/mol. The Bertz CT molecular complexity index is 274. The van der Waals surface area contributed by atoms with Gasteiger partial charge in [-0.1, -0.05) is 0 Å². The first kappa shape index (κ1) is 12.8. The van der Waals surface area contributed by atoms with Crippen LogP contribution in [0.1, 0.15) is 39.0 Å². The SMILES string of the molecule is CC(C1CC1)N(C)CCC(NC1CC1)C(N)=O. The van der Waals surface area contributed by atoms with Crippen LogP contribution in [0.3, 0.4) is 0 Å². The van der Waals surface area contributed by atoms with Gasteiger partial charge in [-0.3, -0.25) is 4.79 Å². The van der Waals surface area contributed by atoms with Gasteiger partial charge < -0.3 is 16.0 Å². The molecule has 0 saturated heterocycles. The number of hydrogen-bond acceptors (Lipinski definition) is 3. The van der Waals surface area contributed by atoms with E-state index in [1.54, 1.807) is 0 Å². The Balaban J connectivity index is 1.71. The lowest BCUT2D eigenvalue weighted by Crippen LogP contribution is -2.45. The van der Waals surface area contributed by atoms with Gasteiger partial charge in [0.05, 0.1) is 6.04 Å².